The van der Waals surface area contributed by atoms with Crippen LogP contribution in [-0.2, 0) is 14.6 Å². The Labute approximate surface area is 269 Å². The van der Waals surface area contributed by atoms with E-state index in [1.807, 2.05) is 0 Å². The van der Waals surface area contributed by atoms with Crippen molar-refractivity contribution in [3.63, 3.8) is 0 Å². The maximum absolute atomic E-state index is 12.8. The Morgan fingerprint density at radius 3 is 1.76 bits per heavy atom. The summed E-state index contributed by atoms with van der Waals surface area (Å²) < 4.78 is 33.6. The average Bonchev–Trinajstić information content (AvgIpc) is 2.96. The molecule has 0 aliphatic carbocycles. The molecule has 2 aromatic rings. The van der Waals surface area contributed by atoms with Crippen LogP contribution in [0.2, 0.25) is 15.1 Å². The van der Waals surface area contributed by atoms with E-state index in [9.17, 15) is 13.5 Å². The van der Waals surface area contributed by atoms with Crippen LogP contribution in [0.5, 0.6) is 5.75 Å². The summed E-state index contributed by atoms with van der Waals surface area (Å²) in [5, 5.41) is 13.1. The van der Waals surface area contributed by atoms with E-state index in [0.717, 1.165) is 19.3 Å². The maximum Gasteiger partial charge on any atom is 0.240 e. The first-order valence-corrected chi connectivity index (χ1v) is 18.7. The van der Waals surface area contributed by atoms with E-state index in [2.05, 4.69) is 22.2 Å². The van der Waals surface area contributed by atoms with Crippen molar-refractivity contribution in [1.29, 1.82) is 0 Å². The van der Waals surface area contributed by atoms with E-state index in [-0.39, 0.29) is 29.6 Å². The van der Waals surface area contributed by atoms with Gasteiger partial charge in [0.15, 0.2) is 5.75 Å². The number of halogens is 3. The van der Waals surface area contributed by atoms with Crippen LogP contribution in [0.1, 0.15) is 110 Å². The summed E-state index contributed by atoms with van der Waals surface area (Å²) in [7, 11) is -3.96. The van der Waals surface area contributed by atoms with Gasteiger partial charge in [0, 0.05) is 12.2 Å². The third-order valence-electron chi connectivity index (χ3n) is 6.99. The molecule has 0 bridgehead atoms. The van der Waals surface area contributed by atoms with E-state index >= 15 is 0 Å². The van der Waals surface area contributed by atoms with Gasteiger partial charge in [-0.15, -0.1) is 0 Å². The Morgan fingerprint density at radius 1 is 0.738 bits per heavy atom. The van der Waals surface area contributed by atoms with Crippen molar-refractivity contribution in [2.45, 2.75) is 115 Å². The second-order valence-corrected chi connectivity index (χ2v) is 14.2. The minimum absolute atomic E-state index is 0.0999. The molecule has 4 N–H and O–H groups in total. The molecule has 0 amide bonds. The number of unbranched alkanes of at least 4 members (excludes halogenated alkanes) is 15. The van der Waals surface area contributed by atoms with Crippen molar-refractivity contribution in [2.75, 3.05) is 17.1 Å². The lowest BCUT2D eigenvalue weighted by Crippen LogP contribution is -2.24. The zero-order chi connectivity index (χ0) is 30.6. The highest BCUT2D eigenvalue weighted by molar-refractivity contribution is 7.89. The van der Waals surface area contributed by atoms with Crippen molar-refractivity contribution in [2.24, 2.45) is 0 Å². The van der Waals surface area contributed by atoms with Gasteiger partial charge in [-0.3, -0.25) is 5.48 Å². The quantitative estimate of drug-likeness (QED) is 0.0381. The fourth-order valence-corrected chi connectivity index (χ4v) is 6.73. The Balaban J connectivity index is 1.56. The second-order valence-electron chi connectivity index (χ2n) is 10.6. The molecule has 7 nitrogen and oxygen atoms in total. The van der Waals surface area contributed by atoms with Gasteiger partial charge in [0.25, 0.3) is 0 Å². The first-order valence-electron chi connectivity index (χ1n) is 15.1. The molecule has 0 radical (unpaired) electrons. The topological polar surface area (TPSA) is 99.7 Å². The summed E-state index contributed by atoms with van der Waals surface area (Å²) in [6.45, 7) is 2.66. The fraction of sp³-hybridized carbons (Fsp3) is 0.600. The van der Waals surface area contributed by atoms with Crippen molar-refractivity contribution in [1.82, 2.24) is 4.72 Å². The first-order chi connectivity index (χ1) is 20.2. The van der Waals surface area contributed by atoms with E-state index in [1.54, 1.807) is 0 Å². The summed E-state index contributed by atoms with van der Waals surface area (Å²) in [5.74, 6) is -0.195. The highest BCUT2D eigenvalue weighted by Gasteiger charge is 2.15. The van der Waals surface area contributed by atoms with Gasteiger partial charge in [-0.2, -0.15) is 0 Å². The van der Waals surface area contributed by atoms with Gasteiger partial charge in [-0.1, -0.05) is 138 Å². The molecule has 0 fully saturated rings. The molecule has 2 aromatic carbocycles. The Hall–Kier alpha value is -0.990. The number of sulfonamides is 1. The van der Waals surface area contributed by atoms with Crippen LogP contribution >= 0.6 is 43.8 Å². The Kier molecular flexibility index (Phi) is 19.2. The summed E-state index contributed by atoms with van der Waals surface area (Å²) in [5.41, 5.74) is 3.54. The van der Waals surface area contributed by atoms with Crippen molar-refractivity contribution < 1.29 is 18.1 Å². The number of phenolic OH excluding ortho intramolecular Hbond substituents is 1. The van der Waals surface area contributed by atoms with Crippen LogP contribution in [0.15, 0.2) is 35.2 Å². The normalized spacial score (nSPS) is 11.9. The molecule has 1 atom stereocenters. The van der Waals surface area contributed by atoms with E-state index in [1.165, 1.54) is 114 Å². The number of hydrogen-bond donors (Lipinski definition) is 4. The molecule has 0 aliphatic heterocycles. The summed E-state index contributed by atoms with van der Waals surface area (Å²) in [4.78, 5) is 0.0999. The van der Waals surface area contributed by atoms with E-state index in [4.69, 9.17) is 39.4 Å². The fourth-order valence-electron chi connectivity index (χ4n) is 4.52. The predicted octanol–water partition coefficient (Wildman–Crippen LogP) is 10.9. The standard InChI is InChI=1S/C30H47Cl3N3O4PS/c1-2-3-4-5-6-7-8-9-10-11-12-13-14-15-16-17-20-34-42(38,39)25-18-19-26(31)29(23-25)35-40-41-36-24-21-27(32)30(37)28(33)22-24/h18-19,21-23,34-37,41H,2-17,20H2,1H3. The van der Waals surface area contributed by atoms with E-state index in [0.29, 0.717) is 22.9 Å². The zero-order valence-electron chi connectivity index (χ0n) is 24.6. The molecule has 0 saturated heterocycles. The first kappa shape index (κ1) is 37.2. The maximum atomic E-state index is 12.8. The lowest BCUT2D eigenvalue weighted by molar-refractivity contribution is 0.466. The average molecular weight is 683 g/mol. The Bertz CT molecular complexity index is 1140. The van der Waals surface area contributed by atoms with Gasteiger partial charge in [0.1, 0.15) is 8.96 Å². The molecular formula is C30H47Cl3N3O4PS. The number of anilines is 2. The van der Waals surface area contributed by atoms with Crippen molar-refractivity contribution >= 4 is 65.2 Å². The van der Waals surface area contributed by atoms with Crippen molar-refractivity contribution in [3.8, 4) is 5.75 Å². The highest BCUT2D eigenvalue weighted by atomic mass is 35.5. The molecule has 42 heavy (non-hydrogen) atoms. The van der Waals surface area contributed by atoms with E-state index < -0.39 is 10.0 Å². The molecule has 0 heterocycles. The zero-order valence-corrected chi connectivity index (χ0v) is 28.7. The molecule has 0 aromatic heterocycles. The third kappa shape index (κ3) is 15.1. The molecule has 0 aliphatic rings. The summed E-state index contributed by atoms with van der Waals surface area (Å²) >= 11 is 18.0. The van der Waals surface area contributed by atoms with Gasteiger partial charge in [0.05, 0.1) is 25.7 Å². The van der Waals surface area contributed by atoms with Gasteiger partial charge in [-0.25, -0.2) is 17.8 Å². The molecule has 2 rings (SSSR count). The second kappa shape index (κ2) is 21.7. The molecule has 1 unspecified atom stereocenters. The minimum atomic E-state index is -3.68. The molecule has 0 saturated carbocycles. The number of rotatable bonds is 24. The third-order valence-corrected chi connectivity index (χ3v) is 9.95. The van der Waals surface area contributed by atoms with Gasteiger partial charge in [-0.05, 0) is 36.8 Å². The summed E-state index contributed by atoms with van der Waals surface area (Å²) in [6, 6.07) is 7.41. The smallest absolute Gasteiger partial charge is 0.240 e. The van der Waals surface area contributed by atoms with Crippen LogP contribution in [0.25, 0.3) is 0 Å². The number of hydrogen-bond acceptors (Lipinski definition) is 6. The summed E-state index contributed by atoms with van der Waals surface area (Å²) in [6.07, 6.45) is 20.4. The number of benzene rings is 2. The van der Waals surface area contributed by atoms with Crippen LogP contribution in [-0.4, -0.2) is 20.1 Å². The SMILES string of the molecule is CCCCCCCCCCCCCCCCCCNS(=O)(=O)c1ccc(Cl)c(NOPNc2cc(Cl)c(O)c(Cl)c2)c1. The molecule has 238 valence electrons. The highest BCUT2D eigenvalue weighted by Crippen LogP contribution is 2.36. The Morgan fingerprint density at radius 2 is 1.24 bits per heavy atom. The molecule has 0 spiro atoms. The molecular weight excluding hydrogens is 636 g/mol. The lowest BCUT2D eigenvalue weighted by Gasteiger charge is -2.13. The monoisotopic (exact) mass is 681 g/mol. The van der Waals surface area contributed by atoms with Gasteiger partial charge in [0.2, 0.25) is 10.0 Å². The number of aromatic hydroxyl groups is 1. The van der Waals surface area contributed by atoms with Gasteiger partial charge >= 0.3 is 0 Å². The van der Waals surface area contributed by atoms with Crippen LogP contribution in [0, 0.1) is 0 Å². The number of nitrogens with one attached hydrogen (secondary N) is 3. The largest absolute Gasteiger partial charge is 0.505 e. The van der Waals surface area contributed by atoms with Crippen LogP contribution in [0.4, 0.5) is 11.4 Å². The van der Waals surface area contributed by atoms with Crippen molar-refractivity contribution in [3.05, 3.63) is 45.4 Å². The lowest BCUT2D eigenvalue weighted by atomic mass is 10.0. The minimum Gasteiger partial charge on any atom is -0.505 e. The molecule has 12 heteroatoms. The van der Waals surface area contributed by atoms with Crippen LogP contribution < -0.4 is 15.3 Å². The van der Waals surface area contributed by atoms with Crippen LogP contribution in [0.3, 0.4) is 0 Å². The number of phenols is 1. The van der Waals surface area contributed by atoms with Gasteiger partial charge < -0.3 is 10.2 Å². The predicted molar refractivity (Wildman–Crippen MR) is 181 cm³/mol.